The van der Waals surface area contributed by atoms with E-state index in [1.165, 1.54) is 0 Å². The minimum Gasteiger partial charge on any atom is -0.397 e. The average Bonchev–Trinajstić information content (AvgIpc) is 2.32. The number of nitrogens with one attached hydrogen (secondary N) is 1. The Bertz CT molecular complexity index is 477. The zero-order valence-electron chi connectivity index (χ0n) is 10.9. The van der Waals surface area contributed by atoms with E-state index in [-0.39, 0.29) is 11.7 Å². The molecule has 0 saturated heterocycles. The summed E-state index contributed by atoms with van der Waals surface area (Å²) in [5.74, 6) is 0.814. The van der Waals surface area contributed by atoms with E-state index in [1.54, 1.807) is 6.08 Å². The van der Waals surface area contributed by atoms with Gasteiger partial charge in [0.15, 0.2) is 5.78 Å². The third-order valence-electron chi connectivity index (χ3n) is 3.47. The number of carbonyl (C=O) groups is 1. The molecule has 96 valence electrons. The summed E-state index contributed by atoms with van der Waals surface area (Å²) < 4.78 is 0. The van der Waals surface area contributed by atoms with E-state index in [1.807, 2.05) is 24.3 Å². The van der Waals surface area contributed by atoms with Gasteiger partial charge in [0, 0.05) is 17.7 Å². The maximum Gasteiger partial charge on any atom is 0.160 e. The summed E-state index contributed by atoms with van der Waals surface area (Å²) in [6.07, 6.45) is 3.56. The van der Waals surface area contributed by atoms with Crippen molar-refractivity contribution < 1.29 is 4.79 Å². The van der Waals surface area contributed by atoms with Gasteiger partial charge in [-0.1, -0.05) is 26.0 Å². The fourth-order valence-corrected chi connectivity index (χ4v) is 2.35. The van der Waals surface area contributed by atoms with Crippen LogP contribution in [0.5, 0.6) is 0 Å². The number of hydrogen-bond donors (Lipinski definition) is 2. The van der Waals surface area contributed by atoms with Crippen LogP contribution in [-0.2, 0) is 4.79 Å². The smallest absolute Gasteiger partial charge is 0.160 e. The van der Waals surface area contributed by atoms with Crippen LogP contribution in [0.2, 0.25) is 0 Å². The van der Waals surface area contributed by atoms with Crippen molar-refractivity contribution in [3.63, 3.8) is 0 Å². The highest BCUT2D eigenvalue weighted by atomic mass is 16.1. The van der Waals surface area contributed by atoms with Crippen molar-refractivity contribution in [2.75, 3.05) is 11.1 Å². The van der Waals surface area contributed by atoms with E-state index in [9.17, 15) is 4.79 Å². The van der Waals surface area contributed by atoms with Crippen LogP contribution < -0.4 is 11.1 Å². The number of benzene rings is 1. The predicted molar refractivity (Wildman–Crippen MR) is 75.1 cm³/mol. The summed E-state index contributed by atoms with van der Waals surface area (Å²) in [7, 11) is 0. The van der Waals surface area contributed by atoms with E-state index >= 15 is 0 Å². The monoisotopic (exact) mass is 244 g/mol. The zero-order chi connectivity index (χ0) is 13.1. The number of anilines is 2. The lowest BCUT2D eigenvalue weighted by Gasteiger charge is -2.24. The second kappa shape index (κ2) is 5.25. The number of ketones is 1. The van der Waals surface area contributed by atoms with Crippen LogP contribution >= 0.6 is 0 Å². The van der Waals surface area contributed by atoms with E-state index < -0.39 is 0 Å². The molecule has 1 atom stereocenters. The fourth-order valence-electron chi connectivity index (χ4n) is 2.35. The van der Waals surface area contributed by atoms with Gasteiger partial charge in [0.25, 0.3) is 0 Å². The number of allylic oxidation sites excluding steroid dienone is 2. The SMILES string of the molecule is CC(C)C1CCC(Nc2ccccc2N)=CC1=O. The van der Waals surface area contributed by atoms with E-state index in [0.29, 0.717) is 11.6 Å². The predicted octanol–water partition coefficient (Wildman–Crippen LogP) is 3.20. The first kappa shape index (κ1) is 12.7. The molecule has 3 N–H and O–H groups in total. The molecular formula is C15H20N2O. The standard InChI is InChI=1S/C15H20N2O/c1-10(2)12-8-7-11(9-15(12)18)17-14-6-4-3-5-13(14)16/h3-6,9-10,12,17H,7-8,16H2,1-2H3. The lowest BCUT2D eigenvalue weighted by molar-refractivity contribution is -0.120. The van der Waals surface area contributed by atoms with Gasteiger partial charge in [0.2, 0.25) is 0 Å². The van der Waals surface area contributed by atoms with Crippen molar-refractivity contribution in [3.8, 4) is 0 Å². The number of hydrogen-bond acceptors (Lipinski definition) is 3. The van der Waals surface area contributed by atoms with E-state index in [2.05, 4.69) is 19.2 Å². The van der Waals surface area contributed by atoms with Crippen LogP contribution in [0.25, 0.3) is 0 Å². The maximum absolute atomic E-state index is 12.0. The van der Waals surface area contributed by atoms with Crippen molar-refractivity contribution in [2.24, 2.45) is 11.8 Å². The number of nitrogens with two attached hydrogens (primary N) is 1. The van der Waals surface area contributed by atoms with Crippen molar-refractivity contribution in [1.82, 2.24) is 0 Å². The molecule has 0 saturated carbocycles. The number of nitrogen functional groups attached to an aromatic ring is 1. The Morgan fingerprint density at radius 2 is 2.06 bits per heavy atom. The highest BCUT2D eigenvalue weighted by Crippen LogP contribution is 2.28. The summed E-state index contributed by atoms with van der Waals surface area (Å²) in [6.45, 7) is 4.20. The van der Waals surface area contributed by atoms with Gasteiger partial charge in [-0.25, -0.2) is 0 Å². The van der Waals surface area contributed by atoms with Gasteiger partial charge in [-0.15, -0.1) is 0 Å². The average molecular weight is 244 g/mol. The topological polar surface area (TPSA) is 55.1 Å². The molecule has 3 heteroatoms. The molecule has 0 aromatic heterocycles. The summed E-state index contributed by atoms with van der Waals surface area (Å²) in [4.78, 5) is 12.0. The molecular weight excluding hydrogens is 224 g/mol. The van der Waals surface area contributed by atoms with Crippen molar-refractivity contribution >= 4 is 17.2 Å². The summed E-state index contributed by atoms with van der Waals surface area (Å²) in [6, 6.07) is 7.61. The van der Waals surface area contributed by atoms with Crippen LogP contribution in [0, 0.1) is 11.8 Å². The van der Waals surface area contributed by atoms with E-state index in [0.717, 1.165) is 24.2 Å². The molecule has 1 aliphatic carbocycles. The zero-order valence-corrected chi connectivity index (χ0v) is 10.9. The van der Waals surface area contributed by atoms with Gasteiger partial charge in [-0.05, 0) is 30.9 Å². The Kier molecular flexibility index (Phi) is 3.70. The Balaban J connectivity index is 2.11. The summed E-state index contributed by atoms with van der Waals surface area (Å²) >= 11 is 0. The highest BCUT2D eigenvalue weighted by molar-refractivity contribution is 5.94. The normalized spacial score (nSPS) is 19.8. The van der Waals surface area contributed by atoms with Crippen molar-refractivity contribution in [2.45, 2.75) is 26.7 Å². The third kappa shape index (κ3) is 2.73. The lowest BCUT2D eigenvalue weighted by atomic mass is 9.83. The Morgan fingerprint density at radius 1 is 1.33 bits per heavy atom. The second-order valence-electron chi connectivity index (χ2n) is 5.17. The first-order chi connectivity index (χ1) is 8.58. The second-order valence-corrected chi connectivity index (χ2v) is 5.17. The van der Waals surface area contributed by atoms with Crippen LogP contribution in [-0.4, -0.2) is 5.78 Å². The summed E-state index contributed by atoms with van der Waals surface area (Å²) in [5, 5.41) is 3.25. The Hall–Kier alpha value is -1.77. The number of rotatable bonds is 3. The molecule has 3 nitrogen and oxygen atoms in total. The van der Waals surface area contributed by atoms with Gasteiger partial charge < -0.3 is 11.1 Å². The quantitative estimate of drug-likeness (QED) is 0.803. The molecule has 0 bridgehead atoms. The van der Waals surface area contributed by atoms with Crippen molar-refractivity contribution in [1.29, 1.82) is 0 Å². The fraction of sp³-hybridized carbons (Fsp3) is 0.400. The largest absolute Gasteiger partial charge is 0.397 e. The molecule has 1 unspecified atom stereocenters. The van der Waals surface area contributed by atoms with E-state index in [4.69, 9.17) is 5.73 Å². The molecule has 0 amide bonds. The molecule has 1 aliphatic rings. The number of para-hydroxylation sites is 2. The van der Waals surface area contributed by atoms with Crippen LogP contribution in [0.1, 0.15) is 26.7 Å². The van der Waals surface area contributed by atoms with Gasteiger partial charge in [0.05, 0.1) is 11.4 Å². The first-order valence-electron chi connectivity index (χ1n) is 6.44. The molecule has 18 heavy (non-hydrogen) atoms. The lowest BCUT2D eigenvalue weighted by Crippen LogP contribution is -2.24. The number of carbonyl (C=O) groups excluding carboxylic acids is 1. The Labute approximate surface area is 108 Å². The molecule has 1 aromatic carbocycles. The molecule has 0 radical (unpaired) electrons. The van der Waals surface area contributed by atoms with Gasteiger partial charge >= 0.3 is 0 Å². The van der Waals surface area contributed by atoms with Gasteiger partial charge in [-0.3, -0.25) is 4.79 Å². The van der Waals surface area contributed by atoms with Crippen LogP contribution in [0.4, 0.5) is 11.4 Å². The van der Waals surface area contributed by atoms with Crippen LogP contribution in [0.3, 0.4) is 0 Å². The first-order valence-corrected chi connectivity index (χ1v) is 6.44. The van der Waals surface area contributed by atoms with Gasteiger partial charge in [-0.2, -0.15) is 0 Å². The van der Waals surface area contributed by atoms with Crippen molar-refractivity contribution in [3.05, 3.63) is 36.0 Å². The minimum absolute atomic E-state index is 0.170. The van der Waals surface area contributed by atoms with Crippen LogP contribution in [0.15, 0.2) is 36.0 Å². The minimum atomic E-state index is 0.170. The molecule has 0 aliphatic heterocycles. The molecule has 1 aromatic rings. The third-order valence-corrected chi connectivity index (χ3v) is 3.47. The highest BCUT2D eigenvalue weighted by Gasteiger charge is 2.25. The maximum atomic E-state index is 12.0. The molecule has 2 rings (SSSR count). The molecule has 0 heterocycles. The Morgan fingerprint density at radius 3 is 2.67 bits per heavy atom. The summed E-state index contributed by atoms with van der Waals surface area (Å²) in [5.41, 5.74) is 8.42. The molecule has 0 spiro atoms. The molecule has 0 fully saturated rings. The van der Waals surface area contributed by atoms with Gasteiger partial charge in [0.1, 0.15) is 0 Å².